The normalized spacial score (nSPS) is 11.8. The van der Waals surface area contributed by atoms with Crippen LogP contribution in [0, 0.1) is 0 Å². The zero-order valence-corrected chi connectivity index (χ0v) is 12.3. The number of nitrogens with one attached hydrogen (secondary N) is 1. The molecular weight excluding hydrogens is 264 g/mol. The third-order valence-electron chi connectivity index (χ3n) is 3.18. The predicted molar refractivity (Wildman–Crippen MR) is 84.3 cm³/mol. The fourth-order valence-corrected chi connectivity index (χ4v) is 1.91. The molecule has 21 heavy (non-hydrogen) atoms. The van der Waals surface area contributed by atoms with Crippen LogP contribution in [0.1, 0.15) is 22.0 Å². The van der Waals surface area contributed by atoms with Gasteiger partial charge in [0, 0.05) is 32.9 Å². The number of nitrogens with two attached hydrogens (primary N) is 1. The number of amides is 1. The summed E-state index contributed by atoms with van der Waals surface area (Å²) < 4.78 is 0. The molecule has 1 heterocycles. The van der Waals surface area contributed by atoms with Crippen molar-refractivity contribution in [3.63, 3.8) is 0 Å². The largest absolute Gasteiger partial charge is 0.363 e. The minimum atomic E-state index is -0.218. The summed E-state index contributed by atoms with van der Waals surface area (Å²) in [6.45, 7) is 0.387. The lowest BCUT2D eigenvalue weighted by molar-refractivity contribution is 0.0951. The van der Waals surface area contributed by atoms with Gasteiger partial charge < -0.3 is 16.0 Å². The van der Waals surface area contributed by atoms with Gasteiger partial charge in [0.2, 0.25) is 0 Å². The fraction of sp³-hybridized carbons (Fsp3) is 0.250. The maximum absolute atomic E-state index is 12.0. The summed E-state index contributed by atoms with van der Waals surface area (Å²) in [4.78, 5) is 18.1. The van der Waals surface area contributed by atoms with Crippen LogP contribution in [0.15, 0.2) is 48.7 Å². The van der Waals surface area contributed by atoms with Gasteiger partial charge in [-0.05, 0) is 17.7 Å². The van der Waals surface area contributed by atoms with Gasteiger partial charge in [-0.1, -0.05) is 30.3 Å². The average molecular weight is 284 g/mol. The molecule has 110 valence electrons. The lowest BCUT2D eigenvalue weighted by atomic mass is 10.1. The number of carbonyl (C=O) groups excluding carboxylic acids is 1. The van der Waals surface area contributed by atoms with Gasteiger partial charge in [-0.3, -0.25) is 4.79 Å². The van der Waals surface area contributed by atoms with E-state index in [-0.39, 0.29) is 11.9 Å². The van der Waals surface area contributed by atoms with Crippen LogP contribution in [-0.4, -0.2) is 31.5 Å². The van der Waals surface area contributed by atoms with Gasteiger partial charge in [-0.25, -0.2) is 4.98 Å². The number of aromatic nitrogens is 1. The first-order chi connectivity index (χ1) is 10.1. The summed E-state index contributed by atoms with van der Waals surface area (Å²) in [5, 5.41) is 2.83. The second-order valence-corrected chi connectivity index (χ2v) is 5.03. The highest BCUT2D eigenvalue weighted by Crippen LogP contribution is 2.10. The molecule has 0 aliphatic carbocycles. The number of anilines is 1. The first-order valence-corrected chi connectivity index (χ1v) is 6.80. The number of hydrogen-bond acceptors (Lipinski definition) is 4. The van der Waals surface area contributed by atoms with Crippen LogP contribution in [0.4, 0.5) is 5.82 Å². The highest BCUT2D eigenvalue weighted by molar-refractivity contribution is 5.94. The quantitative estimate of drug-likeness (QED) is 0.874. The summed E-state index contributed by atoms with van der Waals surface area (Å²) in [6, 6.07) is 13.0. The van der Waals surface area contributed by atoms with Crippen molar-refractivity contribution in [3.8, 4) is 0 Å². The molecule has 0 spiro atoms. The number of hydrogen-bond donors (Lipinski definition) is 2. The third-order valence-corrected chi connectivity index (χ3v) is 3.18. The maximum atomic E-state index is 12.0. The Labute approximate surface area is 124 Å². The highest BCUT2D eigenvalue weighted by Gasteiger charge is 2.10. The van der Waals surface area contributed by atoms with Gasteiger partial charge >= 0.3 is 0 Å². The maximum Gasteiger partial charge on any atom is 0.252 e. The topological polar surface area (TPSA) is 71.2 Å². The molecule has 5 nitrogen and oxygen atoms in total. The van der Waals surface area contributed by atoms with Crippen LogP contribution in [0.5, 0.6) is 0 Å². The Morgan fingerprint density at radius 1 is 1.24 bits per heavy atom. The van der Waals surface area contributed by atoms with Crippen molar-refractivity contribution in [2.24, 2.45) is 5.73 Å². The molecule has 1 amide bonds. The van der Waals surface area contributed by atoms with E-state index < -0.39 is 0 Å². The molecule has 0 saturated heterocycles. The molecule has 5 heteroatoms. The molecule has 3 N–H and O–H groups in total. The SMILES string of the molecule is CN(C)c1ccc(C(=O)NCC(N)c2ccccc2)cn1. The van der Waals surface area contributed by atoms with Gasteiger partial charge in [-0.15, -0.1) is 0 Å². The van der Waals surface area contributed by atoms with Crippen LogP contribution >= 0.6 is 0 Å². The molecule has 0 aliphatic rings. The molecule has 0 radical (unpaired) electrons. The van der Waals surface area contributed by atoms with E-state index in [4.69, 9.17) is 5.73 Å². The molecule has 1 aromatic heterocycles. The van der Waals surface area contributed by atoms with Crippen molar-refractivity contribution in [2.45, 2.75) is 6.04 Å². The predicted octanol–water partition coefficient (Wildman–Crippen LogP) is 1.58. The monoisotopic (exact) mass is 284 g/mol. The lowest BCUT2D eigenvalue weighted by Gasteiger charge is -2.14. The average Bonchev–Trinajstić information content (AvgIpc) is 2.53. The summed E-state index contributed by atoms with van der Waals surface area (Å²) >= 11 is 0. The Morgan fingerprint density at radius 3 is 2.52 bits per heavy atom. The Hall–Kier alpha value is -2.40. The summed E-state index contributed by atoms with van der Waals surface area (Å²) in [5.41, 5.74) is 7.58. The van der Waals surface area contributed by atoms with Crippen molar-refractivity contribution in [1.29, 1.82) is 0 Å². The minimum absolute atomic E-state index is 0.167. The second-order valence-electron chi connectivity index (χ2n) is 5.03. The Kier molecular flexibility index (Phi) is 4.90. The van der Waals surface area contributed by atoms with E-state index in [2.05, 4.69) is 10.3 Å². The van der Waals surface area contributed by atoms with E-state index in [0.717, 1.165) is 11.4 Å². The van der Waals surface area contributed by atoms with Crippen LogP contribution in [-0.2, 0) is 0 Å². The summed E-state index contributed by atoms with van der Waals surface area (Å²) in [5.74, 6) is 0.645. The van der Waals surface area contributed by atoms with Crippen LogP contribution < -0.4 is 16.0 Å². The van der Waals surface area contributed by atoms with E-state index in [1.165, 1.54) is 0 Å². The first kappa shape index (κ1) is 15.0. The van der Waals surface area contributed by atoms with Gasteiger partial charge in [0.25, 0.3) is 5.91 Å². The van der Waals surface area contributed by atoms with Crippen LogP contribution in [0.25, 0.3) is 0 Å². The molecule has 1 aromatic carbocycles. The second kappa shape index (κ2) is 6.85. The number of nitrogens with zero attached hydrogens (tertiary/aromatic N) is 2. The van der Waals surface area contributed by atoms with Crippen molar-refractivity contribution in [3.05, 3.63) is 59.8 Å². The number of pyridine rings is 1. The summed E-state index contributed by atoms with van der Waals surface area (Å²) in [7, 11) is 3.81. The molecule has 2 rings (SSSR count). The molecule has 0 fully saturated rings. The van der Waals surface area contributed by atoms with E-state index in [0.29, 0.717) is 12.1 Å². The van der Waals surface area contributed by atoms with Crippen molar-refractivity contribution in [1.82, 2.24) is 10.3 Å². The minimum Gasteiger partial charge on any atom is -0.363 e. The Morgan fingerprint density at radius 2 is 1.95 bits per heavy atom. The van der Waals surface area contributed by atoms with E-state index in [1.807, 2.05) is 55.4 Å². The van der Waals surface area contributed by atoms with E-state index in [9.17, 15) is 4.79 Å². The third kappa shape index (κ3) is 4.03. The molecule has 1 unspecified atom stereocenters. The standard InChI is InChI=1S/C16H20N4O/c1-20(2)15-9-8-13(10-18-15)16(21)19-11-14(17)12-6-4-3-5-7-12/h3-10,14H,11,17H2,1-2H3,(H,19,21). The van der Waals surface area contributed by atoms with Crippen molar-refractivity contribution >= 4 is 11.7 Å². The molecular formula is C16H20N4O. The van der Waals surface area contributed by atoms with Gasteiger partial charge in [0.1, 0.15) is 5.82 Å². The van der Waals surface area contributed by atoms with Crippen LogP contribution in [0.3, 0.4) is 0 Å². The van der Waals surface area contributed by atoms with Crippen molar-refractivity contribution in [2.75, 3.05) is 25.5 Å². The molecule has 2 aromatic rings. The van der Waals surface area contributed by atoms with Crippen molar-refractivity contribution < 1.29 is 4.79 Å². The van der Waals surface area contributed by atoms with E-state index in [1.54, 1.807) is 12.3 Å². The number of carbonyl (C=O) groups is 1. The van der Waals surface area contributed by atoms with Crippen LogP contribution in [0.2, 0.25) is 0 Å². The molecule has 0 bridgehead atoms. The van der Waals surface area contributed by atoms with Gasteiger partial charge in [0.15, 0.2) is 0 Å². The number of benzene rings is 1. The van der Waals surface area contributed by atoms with E-state index >= 15 is 0 Å². The Bertz CT molecular complexity index is 581. The Balaban J connectivity index is 1.92. The lowest BCUT2D eigenvalue weighted by Crippen LogP contribution is -2.32. The zero-order valence-electron chi connectivity index (χ0n) is 12.3. The first-order valence-electron chi connectivity index (χ1n) is 6.80. The molecule has 1 atom stereocenters. The molecule has 0 aliphatic heterocycles. The molecule has 0 saturated carbocycles. The fourth-order valence-electron chi connectivity index (χ4n) is 1.91. The smallest absolute Gasteiger partial charge is 0.252 e. The summed E-state index contributed by atoms with van der Waals surface area (Å²) in [6.07, 6.45) is 1.57. The zero-order chi connectivity index (χ0) is 15.2. The number of rotatable bonds is 5. The van der Waals surface area contributed by atoms with Gasteiger partial charge in [-0.2, -0.15) is 0 Å². The van der Waals surface area contributed by atoms with Gasteiger partial charge in [0.05, 0.1) is 5.56 Å². The highest BCUT2D eigenvalue weighted by atomic mass is 16.1.